The Morgan fingerprint density at radius 2 is 1.35 bits per heavy atom. The van der Waals surface area contributed by atoms with Gasteiger partial charge in [0.05, 0.1) is 12.6 Å². The van der Waals surface area contributed by atoms with Gasteiger partial charge in [0, 0.05) is 18.4 Å². The summed E-state index contributed by atoms with van der Waals surface area (Å²) < 4.78 is 52.7. The summed E-state index contributed by atoms with van der Waals surface area (Å²) in [6, 6.07) is 16.0. The number of hydrogen-bond acceptors (Lipinski definition) is 6. The second kappa shape index (κ2) is 20.4. The van der Waals surface area contributed by atoms with Crippen molar-refractivity contribution in [3.05, 3.63) is 95.8 Å². The Hall–Kier alpha value is -5.31. The van der Waals surface area contributed by atoms with Crippen LogP contribution in [0.5, 0.6) is 0 Å². The Labute approximate surface area is 293 Å². The molecular formula is C36H43F4N5O6. The molecule has 51 heavy (non-hydrogen) atoms. The van der Waals surface area contributed by atoms with Gasteiger partial charge in [-0.1, -0.05) is 74.9 Å². The van der Waals surface area contributed by atoms with Crippen LogP contribution in [0.2, 0.25) is 0 Å². The number of nitrogens with one attached hydrogen (secondary N) is 4. The van der Waals surface area contributed by atoms with Gasteiger partial charge in [0.1, 0.15) is 17.9 Å². The molecule has 3 aromatic rings. The molecule has 0 bridgehead atoms. The molecule has 11 nitrogen and oxygen atoms in total. The molecule has 0 radical (unpaired) electrons. The first kappa shape index (κ1) is 41.9. The van der Waals surface area contributed by atoms with Crippen LogP contribution in [0.25, 0.3) is 11.1 Å². The molecular weight excluding hydrogens is 674 g/mol. The van der Waals surface area contributed by atoms with Crippen molar-refractivity contribution in [3.63, 3.8) is 0 Å². The fourth-order valence-corrected chi connectivity index (χ4v) is 4.55. The second-order valence-corrected chi connectivity index (χ2v) is 11.6. The van der Waals surface area contributed by atoms with Crippen molar-refractivity contribution in [1.29, 1.82) is 0 Å². The van der Waals surface area contributed by atoms with Crippen LogP contribution in [0, 0.1) is 5.82 Å². The lowest BCUT2D eigenvalue weighted by atomic mass is 10.0. The Kier molecular flexibility index (Phi) is 16.7. The highest BCUT2D eigenvalue weighted by Gasteiger charge is 2.44. The van der Waals surface area contributed by atoms with Gasteiger partial charge in [0.2, 0.25) is 23.6 Å². The van der Waals surface area contributed by atoms with Crippen molar-refractivity contribution < 1.29 is 46.6 Å². The van der Waals surface area contributed by atoms with Crippen LogP contribution in [0.1, 0.15) is 56.0 Å². The molecule has 0 aromatic heterocycles. The maximum atomic E-state index is 13.2. The van der Waals surface area contributed by atoms with E-state index in [9.17, 15) is 46.6 Å². The van der Waals surface area contributed by atoms with E-state index in [0.29, 0.717) is 5.56 Å². The number of carbonyl (C=O) groups excluding carboxylic acids is 5. The fourth-order valence-electron chi connectivity index (χ4n) is 4.55. The summed E-state index contributed by atoms with van der Waals surface area (Å²) in [5.41, 5.74) is 7.33. The van der Waals surface area contributed by atoms with Gasteiger partial charge in [-0.2, -0.15) is 13.2 Å². The zero-order chi connectivity index (χ0) is 38.1. The highest BCUT2D eigenvalue weighted by Crippen LogP contribution is 2.24. The molecule has 7 N–H and O–H groups in total. The van der Waals surface area contributed by atoms with Crippen molar-refractivity contribution >= 4 is 29.5 Å². The van der Waals surface area contributed by atoms with E-state index < -0.39 is 79.3 Å². The van der Waals surface area contributed by atoms with Gasteiger partial charge >= 0.3 is 6.18 Å². The van der Waals surface area contributed by atoms with E-state index in [4.69, 9.17) is 5.73 Å². The number of nitrogens with two attached hydrogens (primary N) is 1. The average molecular weight is 718 g/mol. The normalized spacial score (nSPS) is 13.3. The Balaban J connectivity index is 0.00000290. The summed E-state index contributed by atoms with van der Waals surface area (Å²) in [6.07, 6.45) is -8.08. The summed E-state index contributed by atoms with van der Waals surface area (Å²) >= 11 is 0. The number of benzene rings is 3. The number of alkyl halides is 3. The van der Waals surface area contributed by atoms with E-state index in [2.05, 4.69) is 29.8 Å². The summed E-state index contributed by atoms with van der Waals surface area (Å²) in [7, 11) is 0. The molecule has 0 saturated heterocycles. The molecule has 0 aliphatic rings. The fraction of sp³-hybridized carbons (Fsp3) is 0.361. The Morgan fingerprint density at radius 1 is 0.804 bits per heavy atom. The van der Waals surface area contributed by atoms with E-state index in [0.717, 1.165) is 11.1 Å². The average Bonchev–Trinajstić information content (AvgIpc) is 3.09. The van der Waals surface area contributed by atoms with Crippen LogP contribution < -0.4 is 27.0 Å². The monoisotopic (exact) mass is 717 g/mol. The third-order valence-electron chi connectivity index (χ3n) is 7.17. The number of aliphatic hydroxyl groups excluding tert-OH is 1. The number of amides is 5. The second-order valence-electron chi connectivity index (χ2n) is 11.6. The zero-order valence-electron chi connectivity index (χ0n) is 28.4. The van der Waals surface area contributed by atoms with Crippen LogP contribution in [0.4, 0.5) is 17.6 Å². The molecule has 15 heteroatoms. The van der Waals surface area contributed by atoms with E-state index >= 15 is 0 Å². The largest absolute Gasteiger partial charge is 0.416 e. The van der Waals surface area contributed by atoms with Crippen molar-refractivity contribution in [2.45, 2.75) is 76.9 Å². The van der Waals surface area contributed by atoms with Crippen molar-refractivity contribution in [2.75, 3.05) is 6.54 Å². The summed E-state index contributed by atoms with van der Waals surface area (Å²) in [5.74, 6) is -4.62. The molecule has 2 unspecified atom stereocenters. The lowest BCUT2D eigenvalue weighted by Crippen LogP contribution is -2.57. The van der Waals surface area contributed by atoms with Gasteiger partial charge in [-0.3, -0.25) is 24.0 Å². The first-order chi connectivity index (χ1) is 24.0. The van der Waals surface area contributed by atoms with Crippen molar-refractivity contribution in [3.8, 4) is 11.1 Å². The van der Waals surface area contributed by atoms with Gasteiger partial charge in [0.25, 0.3) is 5.91 Å². The van der Waals surface area contributed by atoms with Crippen LogP contribution in [-0.4, -0.2) is 71.6 Å². The minimum atomic E-state index is -5.12. The van der Waals surface area contributed by atoms with Crippen molar-refractivity contribution in [1.82, 2.24) is 21.3 Å². The van der Waals surface area contributed by atoms with Crippen LogP contribution >= 0.6 is 0 Å². The predicted octanol–water partition coefficient (Wildman–Crippen LogP) is 3.54. The Morgan fingerprint density at radius 3 is 1.88 bits per heavy atom. The summed E-state index contributed by atoms with van der Waals surface area (Å²) in [5, 5.41) is 19.0. The van der Waals surface area contributed by atoms with E-state index in [1.54, 1.807) is 54.6 Å². The molecule has 3 aromatic carbocycles. The van der Waals surface area contributed by atoms with E-state index in [1.165, 1.54) is 37.6 Å². The zero-order valence-corrected chi connectivity index (χ0v) is 28.4. The number of rotatable bonds is 15. The third-order valence-corrected chi connectivity index (χ3v) is 7.17. The van der Waals surface area contributed by atoms with Crippen molar-refractivity contribution in [2.24, 2.45) is 5.73 Å². The highest BCUT2D eigenvalue weighted by molar-refractivity contribution is 5.98. The minimum Gasteiger partial charge on any atom is -0.382 e. The number of carbonyl (C=O) groups is 5. The van der Waals surface area contributed by atoms with Crippen LogP contribution in [-0.2, 0) is 25.6 Å². The smallest absolute Gasteiger partial charge is 0.382 e. The van der Waals surface area contributed by atoms with Gasteiger partial charge in [-0.25, -0.2) is 4.39 Å². The number of hydrogen-bond donors (Lipinski definition) is 6. The molecule has 0 fully saturated rings. The highest BCUT2D eigenvalue weighted by atomic mass is 19.4. The maximum Gasteiger partial charge on any atom is 0.416 e. The molecule has 0 spiro atoms. The predicted molar refractivity (Wildman–Crippen MR) is 182 cm³/mol. The third kappa shape index (κ3) is 14.6. The molecule has 0 aliphatic heterocycles. The van der Waals surface area contributed by atoms with E-state index in [1.807, 2.05) is 5.32 Å². The van der Waals surface area contributed by atoms with Gasteiger partial charge in [0.15, 0.2) is 6.10 Å². The maximum absolute atomic E-state index is 13.2. The number of aliphatic hydroxyl groups is 1. The van der Waals surface area contributed by atoms with Gasteiger partial charge < -0.3 is 32.1 Å². The van der Waals surface area contributed by atoms with E-state index in [-0.39, 0.29) is 17.8 Å². The van der Waals surface area contributed by atoms with Crippen LogP contribution in [0.3, 0.4) is 0 Å². The molecule has 4 atom stereocenters. The quantitative estimate of drug-likeness (QED) is 0.131. The Bertz CT molecular complexity index is 1590. The summed E-state index contributed by atoms with van der Waals surface area (Å²) in [4.78, 5) is 62.5. The molecule has 0 heterocycles. The first-order valence-electron chi connectivity index (χ1n) is 16.2. The molecule has 0 aliphatic carbocycles. The minimum absolute atomic E-state index is 0.0421. The molecule has 3 rings (SSSR count). The number of primary amides is 1. The molecule has 276 valence electrons. The first-order valence-corrected chi connectivity index (χ1v) is 16.2. The van der Waals surface area contributed by atoms with Gasteiger partial charge in [-0.15, -0.1) is 0 Å². The molecule has 0 saturated carbocycles. The van der Waals surface area contributed by atoms with Gasteiger partial charge in [-0.05, 0) is 54.3 Å². The SMILES string of the molecule is CCC.C[C@H](NC(=O)[C@H](Cc1ccccc1)NC(=O)CNC(=O)c1ccc(-c2ccc(F)cc2)cc1)C(=O)NC(CCC(N)=O)C(O)C(F)(F)F. The summed E-state index contributed by atoms with van der Waals surface area (Å²) in [6.45, 7) is 4.91. The lowest BCUT2D eigenvalue weighted by Gasteiger charge is -2.27. The topological polar surface area (TPSA) is 180 Å². The standard InChI is InChI=1S/C33H35F4N5O6.C3H8/c1-19(30(46)42-25(15-16-27(38)43)29(45)33(35,36)37)40-32(48)26(17-20-5-3-2-4-6-20)41-28(44)18-39-31(47)23-9-7-21(8-10-23)22-11-13-24(34)14-12-22;1-3-2/h2-14,19,25-26,29,45H,15-18H2,1H3,(H2,38,43)(H,39,47)(H,40,48)(H,41,44)(H,42,46);3H2,1-2H3/t19-,25?,26-,29?;/m0./s1. The van der Waals surface area contributed by atoms with Crippen LogP contribution in [0.15, 0.2) is 78.9 Å². The number of halogens is 4. The lowest BCUT2D eigenvalue weighted by molar-refractivity contribution is -0.212. The molecule has 5 amide bonds.